The number of carbonyl (C=O) groups is 1. The van der Waals surface area contributed by atoms with E-state index >= 15 is 0 Å². The lowest BCUT2D eigenvalue weighted by molar-refractivity contribution is -0.145. The number of hydrogen-bond acceptors (Lipinski definition) is 3. The van der Waals surface area contributed by atoms with Crippen molar-refractivity contribution in [1.82, 2.24) is 4.90 Å². The standard InChI is InChI=1S/C21H25NO3/c1-15-7-3-4-8-18(15)20(16-10-12-17(25-2)13-11-16)22-14-6-5-9-19(22)21(23)24/h3-4,7-8,10-13,19-20H,5-6,9,14H2,1-2H3,(H,23,24). The average Bonchev–Trinajstić information content (AvgIpc) is 2.64. The van der Waals surface area contributed by atoms with Gasteiger partial charge < -0.3 is 9.84 Å². The number of ether oxygens (including phenoxy) is 1. The fourth-order valence-corrected chi connectivity index (χ4v) is 3.76. The molecule has 1 aliphatic rings. The molecule has 2 atom stereocenters. The van der Waals surface area contributed by atoms with Gasteiger partial charge in [0, 0.05) is 0 Å². The lowest BCUT2D eigenvalue weighted by Gasteiger charge is -2.40. The van der Waals surface area contributed by atoms with E-state index in [-0.39, 0.29) is 6.04 Å². The summed E-state index contributed by atoms with van der Waals surface area (Å²) in [5.74, 6) is 0.0764. The van der Waals surface area contributed by atoms with E-state index in [0.29, 0.717) is 6.42 Å². The third-order valence-corrected chi connectivity index (χ3v) is 5.08. The highest BCUT2D eigenvalue weighted by molar-refractivity contribution is 5.73. The van der Waals surface area contributed by atoms with Gasteiger partial charge in [-0.3, -0.25) is 9.69 Å². The van der Waals surface area contributed by atoms with Crippen molar-refractivity contribution >= 4 is 5.97 Å². The molecule has 0 spiro atoms. The van der Waals surface area contributed by atoms with Gasteiger partial charge in [-0.1, -0.05) is 42.8 Å². The third-order valence-electron chi connectivity index (χ3n) is 5.08. The Kier molecular flexibility index (Phi) is 5.39. The van der Waals surface area contributed by atoms with Gasteiger partial charge in [0.25, 0.3) is 0 Å². The minimum absolute atomic E-state index is 0.0616. The number of benzene rings is 2. The van der Waals surface area contributed by atoms with Gasteiger partial charge in [-0.05, 0) is 55.1 Å². The third kappa shape index (κ3) is 3.69. The summed E-state index contributed by atoms with van der Waals surface area (Å²) in [4.78, 5) is 14.0. The molecule has 1 fully saturated rings. The van der Waals surface area contributed by atoms with Crippen LogP contribution in [-0.4, -0.2) is 35.7 Å². The van der Waals surface area contributed by atoms with Crippen molar-refractivity contribution in [2.45, 2.75) is 38.3 Å². The van der Waals surface area contributed by atoms with E-state index in [0.717, 1.165) is 30.7 Å². The Labute approximate surface area is 149 Å². The fourth-order valence-electron chi connectivity index (χ4n) is 3.76. The normalized spacial score (nSPS) is 19.4. The summed E-state index contributed by atoms with van der Waals surface area (Å²) in [6.07, 6.45) is 2.70. The van der Waals surface area contributed by atoms with Crippen LogP contribution in [0.2, 0.25) is 0 Å². The zero-order chi connectivity index (χ0) is 17.8. The predicted molar refractivity (Wildman–Crippen MR) is 98.0 cm³/mol. The molecule has 132 valence electrons. The van der Waals surface area contributed by atoms with Crippen molar-refractivity contribution in [2.75, 3.05) is 13.7 Å². The van der Waals surface area contributed by atoms with Gasteiger partial charge in [0.05, 0.1) is 13.2 Å². The number of hydrogen-bond donors (Lipinski definition) is 1. The Hall–Kier alpha value is -2.33. The van der Waals surface area contributed by atoms with E-state index < -0.39 is 12.0 Å². The predicted octanol–water partition coefficient (Wildman–Crippen LogP) is 4.03. The second-order valence-corrected chi connectivity index (χ2v) is 6.62. The van der Waals surface area contributed by atoms with Crippen molar-refractivity contribution in [1.29, 1.82) is 0 Å². The van der Waals surface area contributed by atoms with Crippen molar-refractivity contribution in [3.8, 4) is 5.75 Å². The number of carboxylic acid groups (broad SMARTS) is 1. The summed E-state index contributed by atoms with van der Waals surface area (Å²) in [5.41, 5.74) is 3.45. The molecule has 0 aliphatic carbocycles. The first-order valence-electron chi connectivity index (χ1n) is 8.80. The highest BCUT2D eigenvalue weighted by Crippen LogP contribution is 2.36. The van der Waals surface area contributed by atoms with Gasteiger partial charge >= 0.3 is 5.97 Å². The maximum absolute atomic E-state index is 11.9. The number of piperidine rings is 1. The molecule has 25 heavy (non-hydrogen) atoms. The minimum atomic E-state index is -0.730. The van der Waals surface area contributed by atoms with Crippen LogP contribution in [-0.2, 0) is 4.79 Å². The maximum atomic E-state index is 11.9. The molecule has 4 nitrogen and oxygen atoms in total. The van der Waals surface area contributed by atoms with Crippen LogP contribution in [0.25, 0.3) is 0 Å². The molecule has 4 heteroatoms. The van der Waals surface area contributed by atoms with Crippen LogP contribution in [0.5, 0.6) is 5.75 Å². The summed E-state index contributed by atoms with van der Waals surface area (Å²) in [5, 5.41) is 9.74. The topological polar surface area (TPSA) is 49.8 Å². The number of methoxy groups -OCH3 is 1. The summed E-state index contributed by atoms with van der Waals surface area (Å²) in [6.45, 7) is 2.88. The van der Waals surface area contributed by atoms with Crippen molar-refractivity contribution < 1.29 is 14.6 Å². The molecule has 1 heterocycles. The Balaban J connectivity index is 2.07. The molecule has 2 aromatic carbocycles. The molecule has 2 aromatic rings. The first kappa shape index (κ1) is 17.5. The Morgan fingerprint density at radius 1 is 1.16 bits per heavy atom. The molecule has 0 amide bonds. The molecule has 0 bridgehead atoms. The Bertz CT molecular complexity index is 726. The van der Waals surface area contributed by atoms with Crippen LogP contribution in [0.1, 0.15) is 42.0 Å². The van der Waals surface area contributed by atoms with Gasteiger partial charge in [-0.2, -0.15) is 0 Å². The van der Waals surface area contributed by atoms with Gasteiger partial charge in [-0.25, -0.2) is 0 Å². The van der Waals surface area contributed by atoms with E-state index in [2.05, 4.69) is 24.0 Å². The molecule has 2 unspecified atom stereocenters. The molecule has 1 N–H and O–H groups in total. The molecule has 0 aromatic heterocycles. The van der Waals surface area contributed by atoms with E-state index in [4.69, 9.17) is 4.74 Å². The van der Waals surface area contributed by atoms with Gasteiger partial charge in [0.15, 0.2) is 0 Å². The molecular weight excluding hydrogens is 314 g/mol. The highest BCUT2D eigenvalue weighted by atomic mass is 16.5. The van der Waals surface area contributed by atoms with Crippen LogP contribution >= 0.6 is 0 Å². The SMILES string of the molecule is COc1ccc(C(c2ccccc2C)N2CCCCC2C(=O)O)cc1. The van der Waals surface area contributed by atoms with E-state index in [1.165, 1.54) is 11.1 Å². The maximum Gasteiger partial charge on any atom is 0.320 e. The summed E-state index contributed by atoms with van der Waals surface area (Å²) in [6, 6.07) is 15.7. The van der Waals surface area contributed by atoms with Crippen LogP contribution in [0.3, 0.4) is 0 Å². The summed E-state index contributed by atoms with van der Waals surface area (Å²) >= 11 is 0. The second kappa shape index (κ2) is 7.70. The Morgan fingerprint density at radius 3 is 2.52 bits per heavy atom. The average molecular weight is 339 g/mol. The molecule has 1 saturated heterocycles. The summed E-state index contributed by atoms with van der Waals surface area (Å²) < 4.78 is 5.28. The molecule has 0 saturated carbocycles. The number of rotatable bonds is 5. The van der Waals surface area contributed by atoms with Gasteiger partial charge in [0.1, 0.15) is 11.8 Å². The quantitative estimate of drug-likeness (QED) is 0.893. The zero-order valence-corrected chi connectivity index (χ0v) is 14.8. The zero-order valence-electron chi connectivity index (χ0n) is 14.8. The number of aryl methyl sites for hydroxylation is 1. The van der Waals surface area contributed by atoms with Crippen LogP contribution in [0.15, 0.2) is 48.5 Å². The summed E-state index contributed by atoms with van der Waals surface area (Å²) in [7, 11) is 1.65. The number of nitrogens with zero attached hydrogens (tertiary/aromatic N) is 1. The van der Waals surface area contributed by atoms with Crippen molar-refractivity contribution in [3.63, 3.8) is 0 Å². The molecule has 0 radical (unpaired) electrons. The van der Waals surface area contributed by atoms with Crippen molar-refractivity contribution in [3.05, 3.63) is 65.2 Å². The van der Waals surface area contributed by atoms with E-state index in [1.807, 2.05) is 36.4 Å². The number of carboxylic acids is 1. The number of aliphatic carboxylic acids is 1. The first-order valence-corrected chi connectivity index (χ1v) is 8.80. The minimum Gasteiger partial charge on any atom is -0.497 e. The van der Waals surface area contributed by atoms with Crippen molar-refractivity contribution in [2.24, 2.45) is 0 Å². The molecule has 1 aliphatic heterocycles. The molecular formula is C21H25NO3. The second-order valence-electron chi connectivity index (χ2n) is 6.62. The van der Waals surface area contributed by atoms with Crippen LogP contribution in [0, 0.1) is 6.92 Å². The largest absolute Gasteiger partial charge is 0.497 e. The molecule has 3 rings (SSSR count). The smallest absolute Gasteiger partial charge is 0.320 e. The fraction of sp³-hybridized carbons (Fsp3) is 0.381. The van der Waals surface area contributed by atoms with E-state index in [1.54, 1.807) is 7.11 Å². The lowest BCUT2D eigenvalue weighted by atomic mass is 9.89. The van der Waals surface area contributed by atoms with Crippen LogP contribution in [0.4, 0.5) is 0 Å². The van der Waals surface area contributed by atoms with Crippen LogP contribution < -0.4 is 4.74 Å². The Morgan fingerprint density at radius 2 is 1.88 bits per heavy atom. The monoisotopic (exact) mass is 339 g/mol. The lowest BCUT2D eigenvalue weighted by Crippen LogP contribution is -2.47. The number of likely N-dealkylation sites (tertiary alicyclic amines) is 1. The highest BCUT2D eigenvalue weighted by Gasteiger charge is 2.35. The van der Waals surface area contributed by atoms with E-state index in [9.17, 15) is 9.90 Å². The van der Waals surface area contributed by atoms with Gasteiger partial charge in [-0.15, -0.1) is 0 Å². The van der Waals surface area contributed by atoms with Gasteiger partial charge in [0.2, 0.25) is 0 Å². The first-order chi connectivity index (χ1) is 12.1.